The average molecular weight is 325 g/mol. The van der Waals surface area contributed by atoms with E-state index in [1.165, 1.54) is 11.1 Å². The molecule has 1 spiro atoms. The van der Waals surface area contributed by atoms with Crippen molar-refractivity contribution in [2.45, 2.75) is 38.0 Å². The summed E-state index contributed by atoms with van der Waals surface area (Å²) in [5.74, 6) is 0.607. The van der Waals surface area contributed by atoms with Crippen LogP contribution in [-0.4, -0.2) is 46.3 Å². The van der Waals surface area contributed by atoms with Crippen LogP contribution in [0.5, 0.6) is 5.88 Å². The van der Waals surface area contributed by atoms with Gasteiger partial charge in [0.1, 0.15) is 6.10 Å². The number of hydrogen-bond donors (Lipinski definition) is 0. The highest BCUT2D eigenvalue weighted by atomic mass is 16.5. The first-order valence-electron chi connectivity index (χ1n) is 8.56. The highest BCUT2D eigenvalue weighted by molar-refractivity contribution is 5.26. The van der Waals surface area contributed by atoms with Crippen LogP contribution in [0.15, 0.2) is 42.9 Å². The minimum atomic E-state index is -0.0478. The lowest BCUT2D eigenvalue weighted by molar-refractivity contribution is -0.188. The van der Waals surface area contributed by atoms with E-state index >= 15 is 0 Å². The summed E-state index contributed by atoms with van der Waals surface area (Å²) in [5, 5.41) is 0. The van der Waals surface area contributed by atoms with Crippen LogP contribution in [0.2, 0.25) is 0 Å². The van der Waals surface area contributed by atoms with Crippen LogP contribution in [0, 0.1) is 6.92 Å². The summed E-state index contributed by atoms with van der Waals surface area (Å²) in [7, 11) is 0. The van der Waals surface area contributed by atoms with Gasteiger partial charge in [-0.15, -0.1) is 0 Å². The SMILES string of the molecule is Cc1ccccc1CN1CC2(C[C@H](Oc3cnccn3)CCO2)C1. The van der Waals surface area contributed by atoms with Crippen LogP contribution >= 0.6 is 0 Å². The van der Waals surface area contributed by atoms with Crippen molar-refractivity contribution < 1.29 is 9.47 Å². The first-order valence-corrected chi connectivity index (χ1v) is 8.56. The van der Waals surface area contributed by atoms with Crippen LogP contribution in [0.4, 0.5) is 0 Å². The van der Waals surface area contributed by atoms with E-state index in [1.54, 1.807) is 18.6 Å². The van der Waals surface area contributed by atoms with Gasteiger partial charge >= 0.3 is 0 Å². The number of aryl methyl sites for hydroxylation is 1. The molecule has 24 heavy (non-hydrogen) atoms. The van der Waals surface area contributed by atoms with Gasteiger partial charge in [0.05, 0.1) is 18.4 Å². The minimum absolute atomic E-state index is 0.0478. The van der Waals surface area contributed by atoms with E-state index in [4.69, 9.17) is 9.47 Å². The van der Waals surface area contributed by atoms with Gasteiger partial charge in [0.15, 0.2) is 0 Å². The summed E-state index contributed by atoms with van der Waals surface area (Å²) in [4.78, 5) is 10.7. The zero-order valence-electron chi connectivity index (χ0n) is 14.0. The van der Waals surface area contributed by atoms with Crippen LogP contribution in [0.1, 0.15) is 24.0 Å². The molecule has 2 saturated heterocycles. The third kappa shape index (κ3) is 3.28. The molecule has 2 aliphatic heterocycles. The maximum atomic E-state index is 6.11. The lowest BCUT2D eigenvalue weighted by Crippen LogP contribution is -2.65. The lowest BCUT2D eigenvalue weighted by atomic mass is 9.84. The molecule has 5 heteroatoms. The Morgan fingerprint density at radius 2 is 2.17 bits per heavy atom. The third-order valence-corrected chi connectivity index (χ3v) is 4.95. The molecule has 2 fully saturated rings. The molecule has 5 nitrogen and oxygen atoms in total. The Hall–Kier alpha value is -1.98. The standard InChI is InChI=1S/C19H23N3O2/c1-15-4-2-3-5-16(15)12-22-13-19(14-22)10-17(6-9-23-19)24-18-11-20-7-8-21-18/h2-5,7-8,11,17H,6,9-10,12-14H2,1H3/t17-/m1/s1. The topological polar surface area (TPSA) is 47.5 Å². The van der Waals surface area contributed by atoms with Crippen molar-refractivity contribution in [3.05, 3.63) is 54.0 Å². The molecule has 126 valence electrons. The molecule has 0 radical (unpaired) electrons. The number of likely N-dealkylation sites (tertiary alicyclic amines) is 1. The van der Waals surface area contributed by atoms with E-state index in [9.17, 15) is 0 Å². The Morgan fingerprint density at radius 3 is 2.96 bits per heavy atom. The molecule has 1 aromatic heterocycles. The van der Waals surface area contributed by atoms with Gasteiger partial charge in [0.2, 0.25) is 5.88 Å². The van der Waals surface area contributed by atoms with Crippen molar-refractivity contribution in [2.24, 2.45) is 0 Å². The van der Waals surface area contributed by atoms with Crippen molar-refractivity contribution >= 4 is 0 Å². The number of hydrogen-bond acceptors (Lipinski definition) is 5. The van der Waals surface area contributed by atoms with E-state index in [2.05, 4.69) is 46.1 Å². The molecule has 0 aliphatic carbocycles. The average Bonchev–Trinajstić information content (AvgIpc) is 2.57. The molecule has 0 bridgehead atoms. The van der Waals surface area contributed by atoms with Crippen LogP contribution in [0.25, 0.3) is 0 Å². The van der Waals surface area contributed by atoms with Gasteiger partial charge in [-0.1, -0.05) is 24.3 Å². The Kier molecular flexibility index (Phi) is 4.21. The summed E-state index contributed by atoms with van der Waals surface area (Å²) < 4.78 is 12.1. The number of benzene rings is 1. The van der Waals surface area contributed by atoms with E-state index in [-0.39, 0.29) is 11.7 Å². The van der Waals surface area contributed by atoms with E-state index in [0.29, 0.717) is 5.88 Å². The van der Waals surface area contributed by atoms with Crippen LogP contribution < -0.4 is 4.74 Å². The molecular weight excluding hydrogens is 302 g/mol. The fourth-order valence-electron chi connectivity index (χ4n) is 3.73. The summed E-state index contributed by atoms with van der Waals surface area (Å²) >= 11 is 0. The summed E-state index contributed by atoms with van der Waals surface area (Å²) in [6, 6.07) is 8.59. The summed E-state index contributed by atoms with van der Waals surface area (Å²) in [5.41, 5.74) is 2.70. The molecule has 3 heterocycles. The van der Waals surface area contributed by atoms with Crippen LogP contribution in [0.3, 0.4) is 0 Å². The predicted octanol–water partition coefficient (Wildman–Crippen LogP) is 2.60. The van der Waals surface area contributed by atoms with Crippen molar-refractivity contribution in [3.63, 3.8) is 0 Å². The number of aromatic nitrogens is 2. The Bertz CT molecular complexity index is 686. The van der Waals surface area contributed by atoms with E-state index in [1.807, 2.05) is 0 Å². The van der Waals surface area contributed by atoms with E-state index < -0.39 is 0 Å². The van der Waals surface area contributed by atoms with Crippen LogP contribution in [-0.2, 0) is 11.3 Å². The van der Waals surface area contributed by atoms with Crippen molar-refractivity contribution in [3.8, 4) is 5.88 Å². The first kappa shape index (κ1) is 15.5. The first-order chi connectivity index (χ1) is 11.7. The minimum Gasteiger partial charge on any atom is -0.473 e. The Labute approximate surface area is 142 Å². The molecule has 2 aliphatic rings. The summed E-state index contributed by atoms with van der Waals surface area (Å²) in [6.07, 6.45) is 7.00. The smallest absolute Gasteiger partial charge is 0.232 e. The Balaban J connectivity index is 1.33. The summed E-state index contributed by atoms with van der Waals surface area (Å²) in [6.45, 7) is 5.87. The lowest BCUT2D eigenvalue weighted by Gasteiger charge is -2.53. The molecule has 1 aromatic carbocycles. The zero-order chi connectivity index (χ0) is 16.4. The molecule has 0 saturated carbocycles. The second kappa shape index (κ2) is 6.49. The van der Waals surface area contributed by atoms with Gasteiger partial charge in [-0.05, 0) is 18.1 Å². The van der Waals surface area contributed by atoms with E-state index in [0.717, 1.165) is 39.1 Å². The monoisotopic (exact) mass is 325 g/mol. The molecular formula is C19H23N3O2. The largest absolute Gasteiger partial charge is 0.473 e. The fraction of sp³-hybridized carbons (Fsp3) is 0.474. The fourth-order valence-corrected chi connectivity index (χ4v) is 3.73. The maximum absolute atomic E-state index is 6.11. The van der Waals surface area contributed by atoms with Gasteiger partial charge < -0.3 is 9.47 Å². The molecule has 0 N–H and O–H groups in total. The number of nitrogens with zero attached hydrogens (tertiary/aromatic N) is 3. The maximum Gasteiger partial charge on any atom is 0.232 e. The predicted molar refractivity (Wildman–Crippen MR) is 90.8 cm³/mol. The van der Waals surface area contributed by atoms with Gasteiger partial charge in [0, 0.05) is 44.9 Å². The van der Waals surface area contributed by atoms with Gasteiger partial charge in [0.25, 0.3) is 0 Å². The second-order valence-corrected chi connectivity index (χ2v) is 6.88. The van der Waals surface area contributed by atoms with Crippen molar-refractivity contribution in [2.75, 3.05) is 19.7 Å². The van der Waals surface area contributed by atoms with Gasteiger partial charge in [-0.25, -0.2) is 4.98 Å². The molecule has 2 aromatic rings. The number of rotatable bonds is 4. The normalized spacial score (nSPS) is 23.0. The van der Waals surface area contributed by atoms with Crippen molar-refractivity contribution in [1.29, 1.82) is 0 Å². The van der Waals surface area contributed by atoms with Gasteiger partial charge in [-0.2, -0.15) is 0 Å². The molecule has 0 unspecified atom stereocenters. The highest BCUT2D eigenvalue weighted by Crippen LogP contribution is 2.36. The number of ether oxygens (including phenoxy) is 2. The third-order valence-electron chi connectivity index (χ3n) is 4.95. The zero-order valence-corrected chi connectivity index (χ0v) is 14.0. The Morgan fingerprint density at radius 1 is 1.29 bits per heavy atom. The molecule has 1 atom stereocenters. The van der Waals surface area contributed by atoms with Crippen molar-refractivity contribution in [1.82, 2.24) is 14.9 Å². The second-order valence-electron chi connectivity index (χ2n) is 6.88. The quantitative estimate of drug-likeness (QED) is 0.865. The highest BCUT2D eigenvalue weighted by Gasteiger charge is 2.48. The van der Waals surface area contributed by atoms with Gasteiger partial charge in [-0.3, -0.25) is 9.88 Å². The molecule has 4 rings (SSSR count). The molecule has 0 amide bonds.